The van der Waals surface area contributed by atoms with Crippen LogP contribution in [0.4, 0.5) is 0 Å². The molecule has 1 heterocycles. The van der Waals surface area contributed by atoms with Gasteiger partial charge in [-0.25, -0.2) is 4.98 Å². The molecule has 1 aromatic carbocycles. The molecule has 0 radical (unpaired) electrons. The third kappa shape index (κ3) is 3.18. The Hall–Kier alpha value is -1.19. The molecule has 0 unspecified atom stereocenters. The van der Waals surface area contributed by atoms with Crippen LogP contribution >= 0.6 is 23.2 Å². The van der Waals surface area contributed by atoms with Gasteiger partial charge in [-0.2, -0.15) is 0 Å². The van der Waals surface area contributed by atoms with Crippen molar-refractivity contribution >= 4 is 23.2 Å². The molecule has 2 rings (SSSR count). The number of hydrogen-bond donors (Lipinski definition) is 0. The molecule has 3 nitrogen and oxygen atoms in total. The van der Waals surface area contributed by atoms with E-state index in [9.17, 15) is 0 Å². The van der Waals surface area contributed by atoms with Gasteiger partial charge in [-0.05, 0) is 18.6 Å². The molecule has 0 saturated carbocycles. The van der Waals surface area contributed by atoms with Crippen LogP contribution in [0.15, 0.2) is 30.7 Å². The van der Waals surface area contributed by atoms with Crippen molar-refractivity contribution in [1.82, 2.24) is 9.55 Å². The fourth-order valence-electron chi connectivity index (χ4n) is 1.65. The zero-order chi connectivity index (χ0) is 13.0. The van der Waals surface area contributed by atoms with Gasteiger partial charge in [0.2, 0.25) is 0 Å². The Bertz CT molecular complexity index is 525. The molecule has 0 bridgehead atoms. The normalized spacial score (nSPS) is 10.6. The number of halogens is 2. The highest BCUT2D eigenvalue weighted by atomic mass is 35.5. The van der Waals surface area contributed by atoms with Crippen molar-refractivity contribution in [2.45, 2.75) is 26.5 Å². The Balaban J connectivity index is 2.06. The van der Waals surface area contributed by atoms with Crippen LogP contribution in [0.3, 0.4) is 0 Å². The first-order valence-electron chi connectivity index (χ1n) is 5.77. The lowest BCUT2D eigenvalue weighted by atomic mass is 10.3. The van der Waals surface area contributed by atoms with Crippen molar-refractivity contribution in [2.24, 2.45) is 0 Å². The lowest BCUT2D eigenvalue weighted by Crippen LogP contribution is -2.05. The number of aryl methyl sites for hydroxylation is 1. The van der Waals surface area contributed by atoms with Crippen molar-refractivity contribution in [1.29, 1.82) is 0 Å². The molecule has 5 heteroatoms. The SMILES string of the molecule is CCCn1cncc1COc1cc(Cl)ccc1Cl. The van der Waals surface area contributed by atoms with E-state index < -0.39 is 0 Å². The van der Waals surface area contributed by atoms with Gasteiger partial charge in [0.15, 0.2) is 0 Å². The number of imidazole rings is 1. The third-order valence-corrected chi connectivity index (χ3v) is 3.08. The largest absolute Gasteiger partial charge is 0.486 e. The number of hydrogen-bond acceptors (Lipinski definition) is 2. The van der Waals surface area contributed by atoms with Gasteiger partial charge < -0.3 is 9.30 Å². The van der Waals surface area contributed by atoms with Crippen LogP contribution in [0.1, 0.15) is 19.0 Å². The second-order valence-corrected chi connectivity index (χ2v) is 4.79. The average Bonchev–Trinajstić information content (AvgIpc) is 2.78. The summed E-state index contributed by atoms with van der Waals surface area (Å²) in [6, 6.07) is 5.17. The van der Waals surface area contributed by atoms with Gasteiger partial charge in [0.05, 0.1) is 23.2 Å². The van der Waals surface area contributed by atoms with Gasteiger partial charge in [0.25, 0.3) is 0 Å². The summed E-state index contributed by atoms with van der Waals surface area (Å²) in [6.07, 6.45) is 4.66. The number of ether oxygens (including phenoxy) is 1. The summed E-state index contributed by atoms with van der Waals surface area (Å²) in [4.78, 5) is 4.12. The molecular weight excluding hydrogens is 271 g/mol. The van der Waals surface area contributed by atoms with E-state index in [1.54, 1.807) is 24.4 Å². The molecule has 0 saturated heterocycles. The highest BCUT2D eigenvalue weighted by molar-refractivity contribution is 6.34. The summed E-state index contributed by atoms with van der Waals surface area (Å²) in [5.41, 5.74) is 1.02. The summed E-state index contributed by atoms with van der Waals surface area (Å²) in [5, 5.41) is 1.16. The van der Waals surface area contributed by atoms with E-state index in [-0.39, 0.29) is 0 Å². The van der Waals surface area contributed by atoms with Crippen molar-refractivity contribution < 1.29 is 4.74 Å². The van der Waals surface area contributed by atoms with Gasteiger partial charge in [-0.1, -0.05) is 30.1 Å². The number of rotatable bonds is 5. The van der Waals surface area contributed by atoms with E-state index in [4.69, 9.17) is 27.9 Å². The molecule has 0 aliphatic rings. The minimum Gasteiger partial charge on any atom is -0.486 e. The van der Waals surface area contributed by atoms with Crippen molar-refractivity contribution in [3.8, 4) is 5.75 Å². The molecule has 0 atom stereocenters. The first kappa shape index (κ1) is 13.2. The monoisotopic (exact) mass is 284 g/mol. The van der Waals surface area contributed by atoms with E-state index >= 15 is 0 Å². The Kier molecular flexibility index (Phi) is 4.50. The second-order valence-electron chi connectivity index (χ2n) is 3.94. The summed E-state index contributed by atoms with van der Waals surface area (Å²) in [5.74, 6) is 0.591. The van der Waals surface area contributed by atoms with E-state index in [1.807, 2.05) is 6.33 Å². The zero-order valence-electron chi connectivity index (χ0n) is 10.1. The van der Waals surface area contributed by atoms with E-state index in [0.29, 0.717) is 22.4 Å². The summed E-state index contributed by atoms with van der Waals surface area (Å²) >= 11 is 11.9. The second kappa shape index (κ2) is 6.12. The predicted molar refractivity (Wildman–Crippen MR) is 73.3 cm³/mol. The van der Waals surface area contributed by atoms with Crippen LogP contribution in [0.2, 0.25) is 10.0 Å². The van der Waals surface area contributed by atoms with Crippen LogP contribution in [0.5, 0.6) is 5.75 Å². The van der Waals surface area contributed by atoms with Crippen LogP contribution in [0, 0.1) is 0 Å². The quantitative estimate of drug-likeness (QED) is 0.824. The van der Waals surface area contributed by atoms with Gasteiger partial charge in [-0.3, -0.25) is 0 Å². The summed E-state index contributed by atoms with van der Waals surface area (Å²) in [6.45, 7) is 3.49. The maximum absolute atomic E-state index is 6.03. The molecule has 96 valence electrons. The standard InChI is InChI=1S/C13H14Cl2N2O/c1-2-5-17-9-16-7-11(17)8-18-13-6-10(14)3-4-12(13)15/h3-4,6-7,9H,2,5,8H2,1H3. The fourth-order valence-corrected chi connectivity index (χ4v) is 1.98. The predicted octanol–water partition coefficient (Wildman–Crippen LogP) is 4.18. The van der Waals surface area contributed by atoms with Crippen LogP contribution in [-0.4, -0.2) is 9.55 Å². The van der Waals surface area contributed by atoms with Gasteiger partial charge in [0.1, 0.15) is 12.4 Å². The molecule has 0 amide bonds. The lowest BCUT2D eigenvalue weighted by molar-refractivity contribution is 0.295. The van der Waals surface area contributed by atoms with E-state index in [0.717, 1.165) is 18.7 Å². The third-order valence-electron chi connectivity index (χ3n) is 2.53. The Morgan fingerprint density at radius 3 is 2.94 bits per heavy atom. The Labute approximate surface area is 116 Å². The zero-order valence-corrected chi connectivity index (χ0v) is 11.6. The highest BCUT2D eigenvalue weighted by Gasteiger charge is 2.06. The lowest BCUT2D eigenvalue weighted by Gasteiger charge is -2.10. The van der Waals surface area contributed by atoms with Gasteiger partial charge >= 0.3 is 0 Å². The summed E-state index contributed by atoms with van der Waals surface area (Å²) < 4.78 is 7.74. The highest BCUT2D eigenvalue weighted by Crippen LogP contribution is 2.28. The molecule has 2 aromatic rings. The minimum absolute atomic E-state index is 0.431. The first-order chi connectivity index (χ1) is 8.70. The molecule has 1 aromatic heterocycles. The Morgan fingerprint density at radius 1 is 1.33 bits per heavy atom. The van der Waals surface area contributed by atoms with Crippen LogP contribution in [-0.2, 0) is 13.2 Å². The molecule has 18 heavy (non-hydrogen) atoms. The number of nitrogens with zero attached hydrogens (tertiary/aromatic N) is 2. The summed E-state index contributed by atoms with van der Waals surface area (Å²) in [7, 11) is 0. The van der Waals surface area contributed by atoms with E-state index in [1.165, 1.54) is 0 Å². The molecule has 0 aliphatic heterocycles. The van der Waals surface area contributed by atoms with E-state index in [2.05, 4.69) is 16.5 Å². The maximum Gasteiger partial charge on any atom is 0.139 e. The maximum atomic E-state index is 6.03. The van der Waals surface area contributed by atoms with Gasteiger partial charge in [0, 0.05) is 17.6 Å². The Morgan fingerprint density at radius 2 is 2.17 bits per heavy atom. The topological polar surface area (TPSA) is 27.1 Å². The average molecular weight is 285 g/mol. The smallest absolute Gasteiger partial charge is 0.139 e. The molecule has 0 fully saturated rings. The fraction of sp³-hybridized carbons (Fsp3) is 0.308. The van der Waals surface area contributed by atoms with Crippen molar-refractivity contribution in [2.75, 3.05) is 0 Å². The number of aromatic nitrogens is 2. The number of benzene rings is 1. The molecule has 0 N–H and O–H groups in total. The minimum atomic E-state index is 0.431. The molecular formula is C13H14Cl2N2O. The molecule has 0 aliphatic carbocycles. The van der Waals surface area contributed by atoms with Gasteiger partial charge in [-0.15, -0.1) is 0 Å². The van der Waals surface area contributed by atoms with Crippen molar-refractivity contribution in [3.05, 3.63) is 46.5 Å². The van der Waals surface area contributed by atoms with Crippen molar-refractivity contribution in [3.63, 3.8) is 0 Å². The first-order valence-corrected chi connectivity index (χ1v) is 6.53. The van der Waals surface area contributed by atoms with Crippen LogP contribution < -0.4 is 4.74 Å². The van der Waals surface area contributed by atoms with Crippen LogP contribution in [0.25, 0.3) is 0 Å². The molecule has 0 spiro atoms.